The van der Waals surface area contributed by atoms with E-state index in [1.165, 1.54) is 64.2 Å². The second-order valence-electron chi connectivity index (χ2n) is 4.63. The van der Waals surface area contributed by atoms with Crippen LogP contribution >= 0.6 is 0 Å². The number of rotatable bonds is 11. The molecule has 0 saturated heterocycles. The molecule has 0 aromatic heterocycles. The van der Waals surface area contributed by atoms with E-state index in [0.29, 0.717) is 0 Å². The van der Waals surface area contributed by atoms with E-state index in [9.17, 15) is 0 Å². The van der Waals surface area contributed by atoms with Crippen LogP contribution in [-0.2, 0) is 11.4 Å². The fourth-order valence-electron chi connectivity index (χ4n) is 1.89. The molecule has 17 heavy (non-hydrogen) atoms. The summed E-state index contributed by atoms with van der Waals surface area (Å²) in [5, 5.41) is 0. The topological polar surface area (TPSA) is 0 Å². The minimum absolute atomic E-state index is 0.887. The van der Waals surface area contributed by atoms with E-state index in [1.54, 1.807) is 11.4 Å². The quantitative estimate of drug-likeness (QED) is 0.214. The molecule has 0 aliphatic heterocycles. The molecule has 98 valence electrons. The van der Waals surface area contributed by atoms with Gasteiger partial charge in [0.15, 0.2) is 17.2 Å². The summed E-state index contributed by atoms with van der Waals surface area (Å²) in [6.07, 6.45) is 15.1. The lowest BCUT2D eigenvalue weighted by molar-refractivity contribution is 0.558. The smallest absolute Gasteiger partial charge is 0.0978 e. The highest BCUT2D eigenvalue weighted by Gasteiger charge is 1.91. The molecule has 0 rings (SSSR count). The monoisotopic (exact) mass is 253 g/mol. The van der Waals surface area contributed by atoms with Gasteiger partial charge in [-0.3, -0.25) is 0 Å². The maximum atomic E-state index is 3.69. The van der Waals surface area contributed by atoms with E-state index in [-0.39, 0.29) is 0 Å². The zero-order valence-electron chi connectivity index (χ0n) is 11.6. The number of hydrogen-bond acceptors (Lipinski definition) is 0. The van der Waals surface area contributed by atoms with Gasteiger partial charge in [-0.25, -0.2) is 0 Å². The average Bonchev–Trinajstić information content (AvgIpc) is 2.35. The summed E-state index contributed by atoms with van der Waals surface area (Å²) in [5.41, 5.74) is 0. The van der Waals surface area contributed by atoms with Crippen molar-refractivity contribution < 1.29 is 0 Å². The van der Waals surface area contributed by atoms with Crippen LogP contribution in [0.4, 0.5) is 0 Å². The molecule has 0 N–H and O–H groups in total. The number of hydrogen-bond donors (Lipinski definition) is 0. The van der Waals surface area contributed by atoms with Gasteiger partial charge in [-0.2, -0.15) is 0 Å². The molecular formula is C16H29S+. The van der Waals surface area contributed by atoms with Crippen molar-refractivity contribution in [2.75, 3.05) is 5.75 Å². The van der Waals surface area contributed by atoms with Crippen molar-refractivity contribution in [1.29, 1.82) is 0 Å². The Bertz CT molecular complexity index is 209. The minimum Gasteiger partial charge on any atom is -0.0978 e. The van der Waals surface area contributed by atoms with E-state index in [1.807, 2.05) is 0 Å². The standard InChI is InChI=1S/C16H29S/c1-3-4-5-6-7-8-9-10-11-12-13-14-15-16-17-2/h2-13,16H2,1H3/q+1. The molecule has 0 aromatic rings. The van der Waals surface area contributed by atoms with Crippen molar-refractivity contribution in [3.8, 4) is 11.8 Å². The molecular weight excluding hydrogens is 224 g/mol. The Hall–Kier alpha value is -0.350. The van der Waals surface area contributed by atoms with Crippen molar-refractivity contribution in [3.63, 3.8) is 0 Å². The molecule has 0 unspecified atom stereocenters. The Morgan fingerprint density at radius 1 is 0.765 bits per heavy atom. The maximum absolute atomic E-state index is 3.69. The van der Waals surface area contributed by atoms with Crippen molar-refractivity contribution in [1.82, 2.24) is 0 Å². The zero-order valence-corrected chi connectivity index (χ0v) is 12.4. The van der Waals surface area contributed by atoms with Gasteiger partial charge in [-0.15, -0.1) is 0 Å². The van der Waals surface area contributed by atoms with E-state index < -0.39 is 0 Å². The van der Waals surface area contributed by atoms with Gasteiger partial charge in [0, 0.05) is 6.42 Å². The van der Waals surface area contributed by atoms with Crippen LogP contribution in [0.25, 0.3) is 0 Å². The molecule has 0 aromatic carbocycles. The summed E-state index contributed by atoms with van der Waals surface area (Å²) in [6, 6.07) is 0. The molecule has 0 bridgehead atoms. The molecule has 0 atom stereocenters. The van der Waals surface area contributed by atoms with Gasteiger partial charge >= 0.3 is 0 Å². The second kappa shape index (κ2) is 15.6. The number of unbranched alkanes of at least 4 members (excludes halogenated alkanes) is 10. The molecule has 0 aliphatic carbocycles. The molecule has 0 heterocycles. The molecule has 0 fully saturated rings. The van der Waals surface area contributed by atoms with Crippen LogP contribution in [-0.4, -0.2) is 11.6 Å². The summed E-state index contributed by atoms with van der Waals surface area (Å²) in [6.45, 7) is 2.28. The van der Waals surface area contributed by atoms with Crippen molar-refractivity contribution in [3.05, 3.63) is 0 Å². The first kappa shape index (κ1) is 16.6. The first-order valence-corrected chi connectivity index (χ1v) is 8.40. The largest absolute Gasteiger partial charge is 0.234 e. The molecule has 0 aliphatic rings. The molecule has 0 nitrogen and oxygen atoms in total. The highest BCUT2D eigenvalue weighted by Crippen LogP contribution is 2.10. The summed E-state index contributed by atoms with van der Waals surface area (Å²) < 4.78 is 0. The Balaban J connectivity index is 2.99. The van der Waals surface area contributed by atoms with Gasteiger partial charge in [0.05, 0.1) is 0 Å². The van der Waals surface area contributed by atoms with Gasteiger partial charge in [0.25, 0.3) is 0 Å². The Kier molecular flexibility index (Phi) is 15.3. The lowest BCUT2D eigenvalue weighted by Crippen LogP contribution is -1.81. The maximum Gasteiger partial charge on any atom is 0.234 e. The Morgan fingerprint density at radius 2 is 1.29 bits per heavy atom. The predicted octanol–water partition coefficient (Wildman–Crippen LogP) is 4.82. The second-order valence-corrected chi connectivity index (χ2v) is 5.33. The Morgan fingerprint density at radius 3 is 1.82 bits per heavy atom. The van der Waals surface area contributed by atoms with Crippen molar-refractivity contribution in [2.24, 2.45) is 0 Å². The third-order valence-electron chi connectivity index (χ3n) is 2.95. The van der Waals surface area contributed by atoms with Crippen LogP contribution in [0.3, 0.4) is 0 Å². The van der Waals surface area contributed by atoms with Gasteiger partial charge in [0.1, 0.15) is 0 Å². The van der Waals surface area contributed by atoms with E-state index in [2.05, 4.69) is 24.6 Å². The molecule has 0 radical (unpaired) electrons. The molecule has 0 saturated carbocycles. The first-order valence-electron chi connectivity index (χ1n) is 7.24. The fraction of sp³-hybridized carbons (Fsp3) is 0.812. The Labute approximate surface area is 113 Å². The normalized spacial score (nSPS) is 9.71. The summed E-state index contributed by atoms with van der Waals surface area (Å²) in [7, 11) is 0. The minimum atomic E-state index is 0.887. The van der Waals surface area contributed by atoms with Gasteiger partial charge in [0.2, 0.25) is 5.75 Å². The van der Waals surface area contributed by atoms with E-state index >= 15 is 0 Å². The van der Waals surface area contributed by atoms with Crippen LogP contribution in [0.5, 0.6) is 0 Å². The van der Waals surface area contributed by atoms with Crippen LogP contribution in [0.2, 0.25) is 0 Å². The average molecular weight is 253 g/mol. The van der Waals surface area contributed by atoms with Crippen LogP contribution in [0.1, 0.15) is 77.6 Å². The lowest BCUT2D eigenvalue weighted by Gasteiger charge is -2.00. The van der Waals surface area contributed by atoms with E-state index in [4.69, 9.17) is 0 Å². The van der Waals surface area contributed by atoms with Crippen LogP contribution in [0.15, 0.2) is 0 Å². The highest BCUT2D eigenvalue weighted by molar-refractivity contribution is 7.76. The molecule has 0 spiro atoms. The van der Waals surface area contributed by atoms with E-state index in [0.717, 1.165) is 12.2 Å². The SMILES string of the molecule is C=[S+]CC#CCCCCCCCCCCCC. The van der Waals surface area contributed by atoms with Gasteiger partial charge in [-0.05, 0) is 12.3 Å². The summed E-state index contributed by atoms with van der Waals surface area (Å²) >= 11 is 1.56. The van der Waals surface area contributed by atoms with Crippen molar-refractivity contribution >= 4 is 17.2 Å². The summed E-state index contributed by atoms with van der Waals surface area (Å²) in [4.78, 5) is 0. The first-order chi connectivity index (χ1) is 8.41. The van der Waals surface area contributed by atoms with Gasteiger partial charge in [-0.1, -0.05) is 70.6 Å². The summed E-state index contributed by atoms with van der Waals surface area (Å²) in [5.74, 6) is 10.9. The third kappa shape index (κ3) is 15.6. The fourth-order valence-corrected chi connectivity index (χ4v) is 2.10. The zero-order chi connectivity index (χ0) is 12.6. The molecule has 1 heteroatoms. The van der Waals surface area contributed by atoms with Crippen LogP contribution in [0, 0.1) is 11.8 Å². The van der Waals surface area contributed by atoms with Crippen LogP contribution < -0.4 is 0 Å². The predicted molar refractivity (Wildman–Crippen MR) is 83.6 cm³/mol. The highest BCUT2D eigenvalue weighted by atomic mass is 32.1. The molecule has 0 amide bonds. The lowest BCUT2D eigenvalue weighted by atomic mass is 10.1. The van der Waals surface area contributed by atoms with Crippen molar-refractivity contribution in [2.45, 2.75) is 77.6 Å². The third-order valence-corrected chi connectivity index (χ3v) is 3.30. The van der Waals surface area contributed by atoms with Gasteiger partial charge < -0.3 is 0 Å².